The number of aromatic nitrogens is 2. The Kier molecular flexibility index (Phi) is 5.15. The Morgan fingerprint density at radius 2 is 2.06 bits per heavy atom. The lowest BCUT2D eigenvalue weighted by atomic mass is 10.0. The summed E-state index contributed by atoms with van der Waals surface area (Å²) in [5.74, 6) is 0.455. The number of hydrogen-bond donors (Lipinski definition) is 1. The molecule has 0 radical (unpaired) electrons. The van der Waals surface area contributed by atoms with Gasteiger partial charge in [-0.1, -0.05) is 25.2 Å². The molecule has 1 atom stereocenters. The summed E-state index contributed by atoms with van der Waals surface area (Å²) in [5.41, 5.74) is 0. The molecule has 1 aromatic rings. The van der Waals surface area contributed by atoms with Gasteiger partial charge in [0.15, 0.2) is 0 Å². The molecular formula is C10H16ClN3OS. The third-order valence-electron chi connectivity index (χ3n) is 2.15. The molecule has 0 saturated carbocycles. The molecule has 1 unspecified atom stereocenters. The zero-order chi connectivity index (χ0) is 12.1. The maximum atomic E-state index is 11.7. The molecule has 0 spiro atoms. The summed E-state index contributed by atoms with van der Waals surface area (Å²) < 4.78 is 0.292. The van der Waals surface area contributed by atoms with Gasteiger partial charge in [-0.25, -0.2) is 0 Å². The lowest BCUT2D eigenvalue weighted by Crippen LogP contribution is -2.32. The second-order valence-electron chi connectivity index (χ2n) is 4.21. The lowest BCUT2D eigenvalue weighted by Gasteiger charge is -2.13. The molecule has 16 heavy (non-hydrogen) atoms. The molecule has 0 aliphatic rings. The van der Waals surface area contributed by atoms with Gasteiger partial charge < -0.3 is 5.32 Å². The highest BCUT2D eigenvalue weighted by molar-refractivity contribution is 7.17. The monoisotopic (exact) mass is 261 g/mol. The SMILES string of the molecule is CC(C)CCC(C)NC(=O)c1nnc(Cl)s1. The van der Waals surface area contributed by atoms with E-state index in [0.29, 0.717) is 15.4 Å². The lowest BCUT2D eigenvalue weighted by molar-refractivity contribution is 0.0936. The Balaban J connectivity index is 2.39. The summed E-state index contributed by atoms with van der Waals surface area (Å²) in [5, 5.41) is 10.5. The normalized spacial score (nSPS) is 12.8. The van der Waals surface area contributed by atoms with Crippen molar-refractivity contribution in [3.8, 4) is 0 Å². The predicted octanol–water partition coefficient (Wildman–Crippen LogP) is 2.75. The average Bonchev–Trinajstić information content (AvgIpc) is 2.62. The van der Waals surface area contributed by atoms with Crippen LogP contribution in [-0.2, 0) is 0 Å². The van der Waals surface area contributed by atoms with Crippen LogP contribution in [0.25, 0.3) is 0 Å². The van der Waals surface area contributed by atoms with E-state index in [0.717, 1.165) is 24.2 Å². The summed E-state index contributed by atoms with van der Waals surface area (Å²) in [6.45, 7) is 6.32. The van der Waals surface area contributed by atoms with E-state index in [1.54, 1.807) is 0 Å². The average molecular weight is 262 g/mol. The van der Waals surface area contributed by atoms with E-state index >= 15 is 0 Å². The maximum Gasteiger partial charge on any atom is 0.282 e. The van der Waals surface area contributed by atoms with E-state index in [1.165, 1.54) is 0 Å². The molecule has 0 fully saturated rings. The first kappa shape index (κ1) is 13.4. The predicted molar refractivity (Wildman–Crippen MR) is 65.9 cm³/mol. The van der Waals surface area contributed by atoms with E-state index in [4.69, 9.17) is 11.6 Å². The first-order chi connectivity index (χ1) is 7.49. The summed E-state index contributed by atoms with van der Waals surface area (Å²) in [4.78, 5) is 11.7. The third-order valence-corrected chi connectivity index (χ3v) is 3.17. The summed E-state index contributed by atoms with van der Waals surface area (Å²) in [7, 11) is 0. The van der Waals surface area contributed by atoms with Crippen LogP contribution in [0, 0.1) is 5.92 Å². The maximum absolute atomic E-state index is 11.7. The number of carbonyl (C=O) groups excluding carboxylic acids is 1. The van der Waals surface area contributed by atoms with Crippen LogP contribution in [-0.4, -0.2) is 22.1 Å². The molecule has 0 aromatic carbocycles. The van der Waals surface area contributed by atoms with Crippen LogP contribution in [0.4, 0.5) is 0 Å². The van der Waals surface area contributed by atoms with E-state index in [2.05, 4.69) is 29.4 Å². The van der Waals surface area contributed by atoms with Crippen molar-refractivity contribution in [1.29, 1.82) is 0 Å². The molecule has 1 N–H and O–H groups in total. The van der Waals surface area contributed by atoms with Crippen LogP contribution in [0.1, 0.15) is 43.4 Å². The Morgan fingerprint density at radius 1 is 1.38 bits per heavy atom. The zero-order valence-corrected chi connectivity index (χ0v) is 11.2. The van der Waals surface area contributed by atoms with E-state index in [9.17, 15) is 4.79 Å². The minimum absolute atomic E-state index is 0.151. The molecule has 0 bridgehead atoms. The fourth-order valence-corrected chi connectivity index (χ4v) is 1.97. The number of nitrogens with one attached hydrogen (secondary N) is 1. The fraction of sp³-hybridized carbons (Fsp3) is 0.700. The van der Waals surface area contributed by atoms with Crippen LogP contribution in [0.3, 0.4) is 0 Å². The first-order valence-electron chi connectivity index (χ1n) is 5.29. The standard InChI is InChI=1S/C10H16ClN3OS/c1-6(2)4-5-7(3)12-8(15)9-13-14-10(11)16-9/h6-7H,4-5H2,1-3H3,(H,12,15). The molecule has 0 saturated heterocycles. The van der Waals surface area contributed by atoms with Crippen molar-refractivity contribution in [3.63, 3.8) is 0 Å². The van der Waals surface area contributed by atoms with Gasteiger partial charge in [0.2, 0.25) is 9.47 Å². The van der Waals surface area contributed by atoms with Crippen molar-refractivity contribution in [2.45, 2.75) is 39.7 Å². The van der Waals surface area contributed by atoms with Gasteiger partial charge in [0.25, 0.3) is 5.91 Å². The molecule has 1 heterocycles. The van der Waals surface area contributed by atoms with Crippen LogP contribution < -0.4 is 5.32 Å². The molecule has 0 aliphatic heterocycles. The highest BCUT2D eigenvalue weighted by Crippen LogP contribution is 2.15. The van der Waals surface area contributed by atoms with Crippen LogP contribution >= 0.6 is 22.9 Å². The van der Waals surface area contributed by atoms with Crippen molar-refractivity contribution in [2.75, 3.05) is 0 Å². The highest BCUT2D eigenvalue weighted by Gasteiger charge is 2.14. The molecule has 1 amide bonds. The van der Waals surface area contributed by atoms with Crippen molar-refractivity contribution in [3.05, 3.63) is 9.47 Å². The molecule has 6 heteroatoms. The second-order valence-corrected chi connectivity index (χ2v) is 5.77. The highest BCUT2D eigenvalue weighted by atomic mass is 35.5. The van der Waals surface area contributed by atoms with E-state index < -0.39 is 0 Å². The van der Waals surface area contributed by atoms with Gasteiger partial charge in [-0.2, -0.15) is 0 Å². The van der Waals surface area contributed by atoms with Crippen molar-refractivity contribution < 1.29 is 4.79 Å². The summed E-state index contributed by atoms with van der Waals surface area (Å²) in [6.07, 6.45) is 2.06. The number of carbonyl (C=O) groups is 1. The van der Waals surface area contributed by atoms with Gasteiger partial charge in [0.05, 0.1) is 0 Å². The molecular weight excluding hydrogens is 246 g/mol. The number of hydrogen-bond acceptors (Lipinski definition) is 4. The fourth-order valence-electron chi connectivity index (χ4n) is 1.24. The van der Waals surface area contributed by atoms with Crippen LogP contribution in [0.5, 0.6) is 0 Å². The quantitative estimate of drug-likeness (QED) is 0.887. The molecule has 0 aliphatic carbocycles. The van der Waals surface area contributed by atoms with Gasteiger partial charge in [-0.3, -0.25) is 4.79 Å². The molecule has 90 valence electrons. The largest absolute Gasteiger partial charge is 0.347 e. The molecule has 1 aromatic heterocycles. The topological polar surface area (TPSA) is 54.9 Å². The van der Waals surface area contributed by atoms with Crippen molar-refractivity contribution in [1.82, 2.24) is 15.5 Å². The van der Waals surface area contributed by atoms with Gasteiger partial charge in [-0.15, -0.1) is 10.2 Å². The zero-order valence-electron chi connectivity index (χ0n) is 9.66. The Bertz CT molecular complexity index is 354. The third kappa shape index (κ3) is 4.45. The van der Waals surface area contributed by atoms with Gasteiger partial charge in [0, 0.05) is 6.04 Å². The Morgan fingerprint density at radius 3 is 2.56 bits per heavy atom. The Hall–Kier alpha value is -0.680. The van der Waals surface area contributed by atoms with Gasteiger partial charge in [-0.05, 0) is 37.3 Å². The minimum atomic E-state index is -0.194. The number of rotatable bonds is 5. The number of halogens is 1. The van der Waals surface area contributed by atoms with Gasteiger partial charge >= 0.3 is 0 Å². The summed E-state index contributed by atoms with van der Waals surface area (Å²) >= 11 is 6.70. The van der Waals surface area contributed by atoms with Crippen molar-refractivity contribution >= 4 is 28.8 Å². The van der Waals surface area contributed by atoms with Crippen LogP contribution in [0.2, 0.25) is 4.47 Å². The smallest absolute Gasteiger partial charge is 0.282 e. The van der Waals surface area contributed by atoms with E-state index in [1.807, 2.05) is 6.92 Å². The first-order valence-corrected chi connectivity index (χ1v) is 6.48. The number of amides is 1. The van der Waals surface area contributed by atoms with E-state index in [-0.39, 0.29) is 11.9 Å². The molecule has 4 nitrogen and oxygen atoms in total. The van der Waals surface area contributed by atoms with Crippen molar-refractivity contribution in [2.24, 2.45) is 5.92 Å². The molecule has 1 rings (SSSR count). The minimum Gasteiger partial charge on any atom is -0.347 e. The van der Waals surface area contributed by atoms with Gasteiger partial charge in [0.1, 0.15) is 0 Å². The summed E-state index contributed by atoms with van der Waals surface area (Å²) in [6, 6.07) is 0.151. The number of nitrogens with zero attached hydrogens (tertiary/aromatic N) is 2. The Labute approximate surface area is 104 Å². The second kappa shape index (κ2) is 6.15. The van der Waals surface area contributed by atoms with Crippen LogP contribution in [0.15, 0.2) is 0 Å².